The highest BCUT2D eigenvalue weighted by Crippen LogP contribution is 2.21. The van der Waals surface area contributed by atoms with Crippen LogP contribution < -0.4 is 5.32 Å². The Kier molecular flexibility index (Phi) is 4.63. The number of likely N-dealkylation sites (tertiary alicyclic amines) is 1. The summed E-state index contributed by atoms with van der Waals surface area (Å²) < 4.78 is 1.70. The van der Waals surface area contributed by atoms with Gasteiger partial charge in [0, 0.05) is 19.6 Å². The molecule has 1 aliphatic rings. The third kappa shape index (κ3) is 3.24. The molecule has 0 radical (unpaired) electrons. The van der Waals surface area contributed by atoms with Crippen molar-refractivity contribution in [1.82, 2.24) is 20.0 Å². The van der Waals surface area contributed by atoms with Gasteiger partial charge in [-0.3, -0.25) is 9.48 Å². The number of aryl methyl sites for hydroxylation is 2. The Balaban J connectivity index is 2.17. The molecule has 0 aromatic carbocycles. The van der Waals surface area contributed by atoms with Gasteiger partial charge in [0.15, 0.2) is 0 Å². The number of piperidine rings is 1. The topological polar surface area (TPSA) is 74.0 Å². The number of carbonyl (C=O) groups excluding carboxylic acids is 1. The molecule has 0 aliphatic carbocycles. The number of carbonyl (C=O) groups is 1. The van der Waals surface area contributed by atoms with E-state index in [0.717, 1.165) is 25.2 Å². The lowest BCUT2D eigenvalue weighted by atomic mass is 9.89. The molecule has 0 unspecified atom stereocenters. The average Bonchev–Trinajstić information content (AvgIpc) is 2.93. The Morgan fingerprint density at radius 3 is 2.67 bits per heavy atom. The molecule has 1 N–H and O–H groups in total. The molecule has 1 amide bonds. The molecule has 1 fully saturated rings. The first-order valence-electron chi connectivity index (χ1n) is 7.52. The van der Waals surface area contributed by atoms with Crippen LogP contribution in [0.3, 0.4) is 0 Å². The summed E-state index contributed by atoms with van der Waals surface area (Å²) in [5.41, 5.74) is 0.693. The maximum absolute atomic E-state index is 12.5. The van der Waals surface area contributed by atoms with Crippen molar-refractivity contribution in [2.24, 2.45) is 0 Å². The van der Waals surface area contributed by atoms with Gasteiger partial charge < -0.3 is 10.2 Å². The predicted molar refractivity (Wildman–Crippen MR) is 79.8 cm³/mol. The third-order valence-electron chi connectivity index (χ3n) is 4.13. The standard InChI is InChI=1S/C15H23N5O/c1-4-12-10-13(20(5-2)18-12)14(21)17-15(11-16)6-8-19(3)9-7-15/h10H,4-9H2,1-3H3,(H,17,21). The van der Waals surface area contributed by atoms with E-state index in [1.807, 2.05) is 27.0 Å². The van der Waals surface area contributed by atoms with Crippen LogP contribution in [-0.2, 0) is 13.0 Å². The van der Waals surface area contributed by atoms with E-state index in [4.69, 9.17) is 0 Å². The fraction of sp³-hybridized carbons (Fsp3) is 0.667. The normalized spacial score (nSPS) is 18.2. The molecule has 1 aliphatic heterocycles. The van der Waals surface area contributed by atoms with Crippen LogP contribution >= 0.6 is 0 Å². The summed E-state index contributed by atoms with van der Waals surface area (Å²) in [5.74, 6) is -0.199. The number of hydrogen-bond acceptors (Lipinski definition) is 4. The van der Waals surface area contributed by atoms with E-state index in [-0.39, 0.29) is 5.91 Å². The van der Waals surface area contributed by atoms with Crippen LogP contribution in [0, 0.1) is 11.3 Å². The van der Waals surface area contributed by atoms with E-state index in [1.165, 1.54) is 0 Å². The van der Waals surface area contributed by atoms with E-state index < -0.39 is 5.54 Å². The number of nitriles is 1. The molecule has 0 bridgehead atoms. The van der Waals surface area contributed by atoms with Crippen LogP contribution in [0.15, 0.2) is 6.07 Å². The van der Waals surface area contributed by atoms with E-state index in [2.05, 4.69) is 21.4 Å². The summed E-state index contributed by atoms with van der Waals surface area (Å²) in [5, 5.41) is 16.8. The first kappa shape index (κ1) is 15.5. The van der Waals surface area contributed by atoms with Crippen molar-refractivity contribution < 1.29 is 4.79 Å². The molecule has 21 heavy (non-hydrogen) atoms. The molecular formula is C15H23N5O. The van der Waals surface area contributed by atoms with Crippen molar-refractivity contribution >= 4 is 5.91 Å². The highest BCUT2D eigenvalue weighted by atomic mass is 16.2. The van der Waals surface area contributed by atoms with Crippen molar-refractivity contribution in [3.63, 3.8) is 0 Å². The summed E-state index contributed by atoms with van der Waals surface area (Å²) in [6.07, 6.45) is 2.11. The minimum absolute atomic E-state index is 0.199. The zero-order valence-electron chi connectivity index (χ0n) is 13.0. The van der Waals surface area contributed by atoms with Crippen molar-refractivity contribution in [3.8, 4) is 6.07 Å². The number of rotatable bonds is 4. The van der Waals surface area contributed by atoms with Gasteiger partial charge in [-0.05, 0) is 39.3 Å². The van der Waals surface area contributed by atoms with E-state index in [1.54, 1.807) is 4.68 Å². The van der Waals surface area contributed by atoms with Crippen LogP contribution in [0.5, 0.6) is 0 Å². The highest BCUT2D eigenvalue weighted by molar-refractivity contribution is 5.93. The summed E-state index contributed by atoms with van der Waals surface area (Å²) >= 11 is 0. The Morgan fingerprint density at radius 1 is 1.48 bits per heavy atom. The summed E-state index contributed by atoms with van der Waals surface area (Å²) in [7, 11) is 2.03. The molecule has 0 atom stereocenters. The fourth-order valence-corrected chi connectivity index (χ4v) is 2.61. The molecule has 1 aromatic heterocycles. The van der Waals surface area contributed by atoms with Gasteiger partial charge in [0.2, 0.25) is 0 Å². The van der Waals surface area contributed by atoms with Crippen LogP contribution in [0.4, 0.5) is 0 Å². The SMILES string of the molecule is CCc1cc(C(=O)NC2(C#N)CCN(C)CC2)n(CC)n1. The number of aromatic nitrogens is 2. The van der Waals surface area contributed by atoms with Gasteiger partial charge in [0.05, 0.1) is 11.8 Å². The Labute approximate surface area is 125 Å². The number of nitrogens with zero attached hydrogens (tertiary/aromatic N) is 4. The maximum atomic E-state index is 12.5. The predicted octanol–water partition coefficient (Wildman–Crippen LogP) is 1.18. The van der Waals surface area contributed by atoms with E-state index in [9.17, 15) is 10.1 Å². The first-order chi connectivity index (χ1) is 10.0. The summed E-state index contributed by atoms with van der Waals surface area (Å²) in [6, 6.07) is 4.13. The lowest BCUT2D eigenvalue weighted by molar-refractivity contribution is 0.0871. The lowest BCUT2D eigenvalue weighted by Crippen LogP contribution is -2.54. The summed E-state index contributed by atoms with van der Waals surface area (Å²) in [6.45, 7) is 6.25. The highest BCUT2D eigenvalue weighted by Gasteiger charge is 2.36. The van der Waals surface area contributed by atoms with E-state index >= 15 is 0 Å². The molecule has 0 saturated carbocycles. The minimum atomic E-state index is -0.751. The minimum Gasteiger partial charge on any atom is -0.332 e. The van der Waals surface area contributed by atoms with Crippen LogP contribution in [0.1, 0.15) is 42.9 Å². The van der Waals surface area contributed by atoms with Gasteiger partial charge in [-0.2, -0.15) is 10.4 Å². The smallest absolute Gasteiger partial charge is 0.270 e. The maximum Gasteiger partial charge on any atom is 0.270 e. The van der Waals surface area contributed by atoms with Gasteiger partial charge in [-0.15, -0.1) is 0 Å². The van der Waals surface area contributed by atoms with Crippen LogP contribution in [0.2, 0.25) is 0 Å². The monoisotopic (exact) mass is 289 g/mol. The van der Waals surface area contributed by atoms with Crippen LogP contribution in [0.25, 0.3) is 0 Å². The number of amides is 1. The Morgan fingerprint density at radius 2 is 2.14 bits per heavy atom. The Hall–Kier alpha value is -1.87. The van der Waals surface area contributed by atoms with Crippen molar-refractivity contribution in [2.45, 2.75) is 45.2 Å². The van der Waals surface area contributed by atoms with E-state index in [0.29, 0.717) is 25.1 Å². The fourth-order valence-electron chi connectivity index (χ4n) is 2.61. The molecule has 1 saturated heterocycles. The Bertz CT molecular complexity index is 549. The van der Waals surface area contributed by atoms with Crippen molar-refractivity contribution in [3.05, 3.63) is 17.5 Å². The van der Waals surface area contributed by atoms with Crippen molar-refractivity contribution in [1.29, 1.82) is 5.26 Å². The lowest BCUT2D eigenvalue weighted by Gasteiger charge is -2.35. The quantitative estimate of drug-likeness (QED) is 0.903. The van der Waals surface area contributed by atoms with Crippen LogP contribution in [-0.4, -0.2) is 46.3 Å². The second kappa shape index (κ2) is 6.27. The molecule has 2 rings (SSSR count). The molecule has 114 valence electrons. The molecule has 6 nitrogen and oxygen atoms in total. The zero-order chi connectivity index (χ0) is 15.5. The largest absolute Gasteiger partial charge is 0.332 e. The van der Waals surface area contributed by atoms with Gasteiger partial charge in [-0.25, -0.2) is 0 Å². The average molecular weight is 289 g/mol. The molecular weight excluding hydrogens is 266 g/mol. The second-order valence-corrected chi connectivity index (χ2v) is 5.64. The molecule has 6 heteroatoms. The van der Waals surface area contributed by atoms with Gasteiger partial charge in [0.25, 0.3) is 5.91 Å². The van der Waals surface area contributed by atoms with Gasteiger partial charge in [0.1, 0.15) is 11.2 Å². The number of hydrogen-bond donors (Lipinski definition) is 1. The van der Waals surface area contributed by atoms with Crippen molar-refractivity contribution in [2.75, 3.05) is 20.1 Å². The summed E-state index contributed by atoms with van der Waals surface area (Å²) in [4.78, 5) is 14.7. The number of nitrogens with one attached hydrogen (secondary N) is 1. The zero-order valence-corrected chi connectivity index (χ0v) is 13.0. The second-order valence-electron chi connectivity index (χ2n) is 5.64. The first-order valence-corrected chi connectivity index (χ1v) is 7.52. The third-order valence-corrected chi connectivity index (χ3v) is 4.13. The van der Waals surface area contributed by atoms with Gasteiger partial charge in [-0.1, -0.05) is 6.92 Å². The van der Waals surface area contributed by atoms with Gasteiger partial charge >= 0.3 is 0 Å². The molecule has 0 spiro atoms. The molecule has 2 heterocycles. The molecule has 1 aromatic rings.